The zero-order valence-corrected chi connectivity index (χ0v) is 12.2. The van der Waals surface area contributed by atoms with Crippen LogP contribution in [0.15, 0.2) is 24.3 Å². The molecule has 1 aliphatic rings. The maximum Gasteiger partial charge on any atom is 0.322 e. The summed E-state index contributed by atoms with van der Waals surface area (Å²) in [5.74, 6) is 1.50. The number of nitrogens with one attached hydrogen (secondary N) is 1. The number of para-hydroxylation sites is 2. The van der Waals surface area contributed by atoms with Crippen molar-refractivity contribution in [1.82, 2.24) is 9.78 Å². The van der Waals surface area contributed by atoms with Crippen LogP contribution in [0.25, 0.3) is 0 Å². The Balaban J connectivity index is 1.77. The highest BCUT2D eigenvalue weighted by molar-refractivity contribution is 5.94. The van der Waals surface area contributed by atoms with E-state index in [9.17, 15) is 4.79 Å². The summed E-state index contributed by atoms with van der Waals surface area (Å²) >= 11 is 0. The van der Waals surface area contributed by atoms with Crippen molar-refractivity contribution in [2.45, 2.75) is 26.6 Å². The molecule has 0 atom stereocenters. The van der Waals surface area contributed by atoms with E-state index in [4.69, 9.17) is 9.47 Å². The van der Waals surface area contributed by atoms with Gasteiger partial charge in [-0.3, -0.25) is 9.48 Å². The van der Waals surface area contributed by atoms with Crippen molar-refractivity contribution in [2.24, 2.45) is 7.05 Å². The molecule has 21 heavy (non-hydrogen) atoms. The van der Waals surface area contributed by atoms with E-state index < -0.39 is 6.29 Å². The minimum absolute atomic E-state index is 0.344. The molecule has 2 heterocycles. The van der Waals surface area contributed by atoms with Gasteiger partial charge in [0, 0.05) is 12.6 Å². The molecular weight excluding hydrogens is 270 g/mol. The third-order valence-electron chi connectivity index (χ3n) is 3.47. The van der Waals surface area contributed by atoms with Gasteiger partial charge in [-0.1, -0.05) is 19.1 Å². The molecule has 0 fully saturated rings. The fraction of sp³-hybridized carbons (Fsp3) is 0.333. The summed E-state index contributed by atoms with van der Waals surface area (Å²) in [6.45, 7) is 3.95. The molecule has 1 aromatic heterocycles. The smallest absolute Gasteiger partial charge is 0.322 e. The number of carbonyl (C=O) groups excluding carboxylic acids is 1. The number of aromatic nitrogens is 2. The zero-order valence-electron chi connectivity index (χ0n) is 12.2. The number of anilines is 1. The Hall–Kier alpha value is -2.50. The second kappa shape index (κ2) is 5.12. The summed E-state index contributed by atoms with van der Waals surface area (Å²) < 4.78 is 12.7. The number of ether oxygens (including phenoxy) is 2. The number of rotatable bonds is 3. The minimum atomic E-state index is -0.970. The Morgan fingerprint density at radius 1 is 1.33 bits per heavy atom. The largest absolute Gasteiger partial charge is 0.442 e. The molecular formula is C15H17N3O3. The summed E-state index contributed by atoms with van der Waals surface area (Å²) in [6.07, 6.45) is -0.177. The molecule has 6 heteroatoms. The zero-order chi connectivity index (χ0) is 15.0. The summed E-state index contributed by atoms with van der Waals surface area (Å²) in [7, 11) is 1.80. The van der Waals surface area contributed by atoms with Crippen molar-refractivity contribution < 1.29 is 14.3 Å². The minimum Gasteiger partial charge on any atom is -0.442 e. The van der Waals surface area contributed by atoms with Crippen molar-refractivity contribution in [2.75, 3.05) is 5.32 Å². The highest BCUT2D eigenvalue weighted by atomic mass is 16.7. The molecule has 0 saturated carbocycles. The van der Waals surface area contributed by atoms with Crippen LogP contribution in [0, 0.1) is 6.92 Å². The van der Waals surface area contributed by atoms with Gasteiger partial charge in [-0.25, -0.2) is 0 Å². The predicted molar refractivity (Wildman–Crippen MR) is 77.4 cm³/mol. The maximum atomic E-state index is 12.3. The van der Waals surface area contributed by atoms with Crippen molar-refractivity contribution in [3.05, 3.63) is 35.5 Å². The molecule has 0 aliphatic carbocycles. The van der Waals surface area contributed by atoms with Crippen LogP contribution in [-0.4, -0.2) is 22.0 Å². The van der Waals surface area contributed by atoms with Gasteiger partial charge in [-0.2, -0.15) is 5.10 Å². The Bertz CT molecular complexity index is 668. The quantitative estimate of drug-likeness (QED) is 0.938. The number of benzene rings is 1. The van der Waals surface area contributed by atoms with Gasteiger partial charge in [0.2, 0.25) is 0 Å². The maximum absolute atomic E-state index is 12.3. The molecule has 0 unspecified atom stereocenters. The SMILES string of the molecule is CCc1c(C)nn(C)c1NC(=O)C1Oc2ccccc2O1. The predicted octanol–water partition coefficient (Wildman–Crippen LogP) is 2.03. The normalized spacial score (nSPS) is 13.5. The highest BCUT2D eigenvalue weighted by Gasteiger charge is 2.31. The first-order valence-electron chi connectivity index (χ1n) is 6.85. The van der Waals surface area contributed by atoms with Gasteiger partial charge in [0.1, 0.15) is 5.82 Å². The first-order valence-corrected chi connectivity index (χ1v) is 6.85. The molecule has 0 bridgehead atoms. The van der Waals surface area contributed by atoms with Crippen LogP contribution in [0.1, 0.15) is 18.2 Å². The van der Waals surface area contributed by atoms with Crippen LogP contribution >= 0.6 is 0 Å². The van der Waals surface area contributed by atoms with E-state index >= 15 is 0 Å². The Labute approximate surface area is 122 Å². The van der Waals surface area contributed by atoms with Gasteiger partial charge in [0.15, 0.2) is 11.5 Å². The van der Waals surface area contributed by atoms with Crippen molar-refractivity contribution in [3.63, 3.8) is 0 Å². The van der Waals surface area contributed by atoms with Gasteiger partial charge in [-0.15, -0.1) is 0 Å². The molecule has 1 aromatic carbocycles. The van der Waals surface area contributed by atoms with E-state index in [1.54, 1.807) is 23.9 Å². The molecule has 0 radical (unpaired) electrons. The fourth-order valence-electron chi connectivity index (χ4n) is 2.46. The second-order valence-corrected chi connectivity index (χ2v) is 4.89. The number of nitrogens with zero attached hydrogens (tertiary/aromatic N) is 2. The van der Waals surface area contributed by atoms with Crippen molar-refractivity contribution in [1.29, 1.82) is 0 Å². The average Bonchev–Trinajstić information content (AvgIpc) is 3.00. The van der Waals surface area contributed by atoms with Gasteiger partial charge in [0.05, 0.1) is 5.69 Å². The van der Waals surface area contributed by atoms with Crippen LogP contribution in [0.2, 0.25) is 0 Å². The third-order valence-corrected chi connectivity index (χ3v) is 3.47. The van der Waals surface area contributed by atoms with Crippen molar-refractivity contribution >= 4 is 11.7 Å². The van der Waals surface area contributed by atoms with Gasteiger partial charge < -0.3 is 14.8 Å². The Kier molecular flexibility index (Phi) is 3.29. The number of carbonyl (C=O) groups is 1. The highest BCUT2D eigenvalue weighted by Crippen LogP contribution is 2.34. The van der Waals surface area contributed by atoms with Crippen molar-refractivity contribution in [3.8, 4) is 11.5 Å². The fourth-order valence-corrected chi connectivity index (χ4v) is 2.46. The third kappa shape index (κ3) is 2.33. The number of hydrogen-bond donors (Lipinski definition) is 1. The van der Waals surface area contributed by atoms with Crippen LogP contribution in [0.5, 0.6) is 11.5 Å². The Morgan fingerprint density at radius 2 is 1.95 bits per heavy atom. The van der Waals surface area contributed by atoms with Gasteiger partial charge >= 0.3 is 12.2 Å². The lowest BCUT2D eigenvalue weighted by molar-refractivity contribution is -0.131. The van der Waals surface area contributed by atoms with Crippen LogP contribution in [-0.2, 0) is 18.3 Å². The van der Waals surface area contributed by atoms with E-state index in [0.29, 0.717) is 17.3 Å². The van der Waals surface area contributed by atoms with E-state index in [-0.39, 0.29) is 5.91 Å². The number of aryl methyl sites for hydroxylation is 2. The monoisotopic (exact) mass is 287 g/mol. The summed E-state index contributed by atoms with van der Waals surface area (Å²) in [4.78, 5) is 12.3. The lowest BCUT2D eigenvalue weighted by Crippen LogP contribution is -2.35. The molecule has 110 valence electrons. The second-order valence-electron chi connectivity index (χ2n) is 4.89. The molecule has 0 saturated heterocycles. The topological polar surface area (TPSA) is 65.4 Å². The molecule has 6 nitrogen and oxygen atoms in total. The van der Waals surface area contributed by atoms with Crippen LogP contribution < -0.4 is 14.8 Å². The van der Waals surface area contributed by atoms with E-state index in [1.165, 1.54) is 0 Å². The van der Waals surface area contributed by atoms with Crippen LogP contribution in [0.4, 0.5) is 5.82 Å². The average molecular weight is 287 g/mol. The number of amides is 1. The Morgan fingerprint density at radius 3 is 2.52 bits per heavy atom. The lowest BCUT2D eigenvalue weighted by atomic mass is 10.2. The number of hydrogen-bond acceptors (Lipinski definition) is 4. The van der Waals surface area contributed by atoms with E-state index in [1.807, 2.05) is 26.0 Å². The molecule has 2 aromatic rings. The lowest BCUT2D eigenvalue weighted by Gasteiger charge is -2.12. The van der Waals surface area contributed by atoms with Crippen LogP contribution in [0.3, 0.4) is 0 Å². The number of fused-ring (bicyclic) bond motifs is 1. The summed E-state index contributed by atoms with van der Waals surface area (Å²) in [5, 5.41) is 7.16. The van der Waals surface area contributed by atoms with Gasteiger partial charge in [0.25, 0.3) is 0 Å². The summed E-state index contributed by atoms with van der Waals surface area (Å²) in [5.41, 5.74) is 1.92. The molecule has 1 aliphatic heterocycles. The molecule has 1 N–H and O–H groups in total. The van der Waals surface area contributed by atoms with E-state index in [0.717, 1.165) is 17.7 Å². The first-order chi connectivity index (χ1) is 10.1. The standard InChI is InChI=1S/C15H17N3O3/c1-4-10-9(2)17-18(3)13(10)16-14(19)15-20-11-7-5-6-8-12(11)21-15/h5-8,15H,4H2,1-3H3,(H,16,19). The molecule has 1 amide bonds. The first kappa shape index (κ1) is 13.5. The van der Waals surface area contributed by atoms with E-state index in [2.05, 4.69) is 10.4 Å². The van der Waals surface area contributed by atoms with Gasteiger partial charge in [-0.05, 0) is 25.5 Å². The summed E-state index contributed by atoms with van der Waals surface area (Å²) in [6, 6.07) is 7.22. The molecule has 3 rings (SSSR count). The molecule has 0 spiro atoms.